The van der Waals surface area contributed by atoms with Crippen molar-refractivity contribution in [3.63, 3.8) is 0 Å². The molecule has 0 unspecified atom stereocenters. The molecule has 0 saturated carbocycles. The van der Waals surface area contributed by atoms with Gasteiger partial charge in [-0.1, -0.05) is 210 Å². The molecule has 1 N–H and O–H groups in total. The topological polar surface area (TPSA) is 15.3 Å². The third-order valence-electron chi connectivity index (χ3n) is 10.9. The zero-order valence-electron chi connectivity index (χ0n) is 32.4. The van der Waals surface area contributed by atoms with Crippen molar-refractivity contribution < 1.29 is 0 Å². The maximum Gasteiger partial charge on any atom is 0.342 e. The summed E-state index contributed by atoms with van der Waals surface area (Å²) < 4.78 is 0. The molecular weight excluding hydrogens is 663 g/mol. The Hall–Kier alpha value is -6.16. The van der Waals surface area contributed by atoms with E-state index in [4.69, 9.17) is 0 Å². The summed E-state index contributed by atoms with van der Waals surface area (Å²) in [7, 11) is 0. The molecule has 2 nitrogen and oxygen atoms in total. The highest BCUT2D eigenvalue weighted by molar-refractivity contribution is 6.92. The molecule has 0 spiro atoms. The molecule has 1 aliphatic heterocycles. The van der Waals surface area contributed by atoms with Gasteiger partial charge in [-0.15, -0.1) is 0 Å². The van der Waals surface area contributed by atoms with Gasteiger partial charge in [0, 0.05) is 5.57 Å². The van der Waals surface area contributed by atoms with E-state index in [1.54, 1.807) is 0 Å². The lowest BCUT2D eigenvalue weighted by Crippen LogP contribution is -2.58. The number of hydrazine groups is 1. The minimum absolute atomic E-state index is 0.152. The zero-order chi connectivity index (χ0) is 37.9. The second-order valence-corrected chi connectivity index (χ2v) is 14.9. The van der Waals surface area contributed by atoms with Crippen LogP contribution in [0.4, 0.5) is 0 Å². The van der Waals surface area contributed by atoms with Crippen LogP contribution in [0.1, 0.15) is 67.2 Å². The summed E-state index contributed by atoms with van der Waals surface area (Å²) in [6.07, 6.45) is 0. The van der Waals surface area contributed by atoms with Crippen molar-refractivity contribution in [3.8, 4) is 0 Å². The quantitative estimate of drug-likeness (QED) is 0.150. The van der Waals surface area contributed by atoms with Gasteiger partial charge in [-0.2, -0.15) is 0 Å². The molecule has 268 valence electrons. The molecule has 8 rings (SSSR count). The van der Waals surface area contributed by atoms with E-state index in [0.29, 0.717) is 0 Å². The Morgan fingerprint density at radius 2 is 0.818 bits per heavy atom. The van der Waals surface area contributed by atoms with Crippen LogP contribution in [0.5, 0.6) is 0 Å². The second-order valence-electron chi connectivity index (χ2n) is 14.9. The Labute approximate surface area is 327 Å². The fraction of sp³-hybridized carbons (Fsp3) is 0.115. The number of hydrogen-bond donors (Lipinski definition) is 1. The molecule has 7 aromatic carbocycles. The summed E-state index contributed by atoms with van der Waals surface area (Å²) >= 11 is 0. The van der Waals surface area contributed by atoms with Crippen molar-refractivity contribution in [1.29, 1.82) is 0 Å². The van der Waals surface area contributed by atoms with Gasteiger partial charge in [0.2, 0.25) is 0 Å². The fourth-order valence-electron chi connectivity index (χ4n) is 8.39. The highest BCUT2D eigenvalue weighted by Gasteiger charge is 2.44. The Morgan fingerprint density at radius 3 is 1.27 bits per heavy atom. The largest absolute Gasteiger partial charge is 0.342 e. The molecular formula is C52H47BN2. The minimum Gasteiger partial charge on any atom is -0.339 e. The maximum absolute atomic E-state index is 4.31. The van der Waals surface area contributed by atoms with Gasteiger partial charge in [-0.05, 0) is 84.5 Å². The number of aryl methyl sites for hydroxylation is 5. The van der Waals surface area contributed by atoms with Gasteiger partial charge < -0.3 is 4.92 Å². The van der Waals surface area contributed by atoms with E-state index in [-0.39, 0.29) is 12.9 Å². The van der Waals surface area contributed by atoms with E-state index in [1.807, 2.05) is 0 Å². The van der Waals surface area contributed by atoms with Crippen LogP contribution < -0.4 is 10.9 Å². The van der Waals surface area contributed by atoms with Crippen molar-refractivity contribution in [2.24, 2.45) is 0 Å². The third kappa shape index (κ3) is 7.24. The van der Waals surface area contributed by atoms with Gasteiger partial charge in [0.05, 0.1) is 11.7 Å². The first kappa shape index (κ1) is 35.9. The zero-order valence-corrected chi connectivity index (χ0v) is 32.4. The first-order chi connectivity index (χ1) is 26.9. The Morgan fingerprint density at radius 1 is 0.418 bits per heavy atom. The first-order valence-corrected chi connectivity index (χ1v) is 19.3. The van der Waals surface area contributed by atoms with Crippen LogP contribution in [-0.2, 0) is 0 Å². The van der Waals surface area contributed by atoms with Crippen molar-refractivity contribution in [1.82, 2.24) is 10.3 Å². The molecule has 55 heavy (non-hydrogen) atoms. The highest BCUT2D eigenvalue weighted by atomic mass is 15.5. The molecule has 0 radical (unpaired) electrons. The molecule has 0 fully saturated rings. The fourth-order valence-corrected chi connectivity index (χ4v) is 8.39. The van der Waals surface area contributed by atoms with Crippen molar-refractivity contribution in [2.75, 3.05) is 0 Å². The Bertz CT molecular complexity index is 2400. The van der Waals surface area contributed by atoms with Gasteiger partial charge in [0.25, 0.3) is 0 Å². The lowest BCUT2D eigenvalue weighted by Gasteiger charge is -2.45. The van der Waals surface area contributed by atoms with Gasteiger partial charge in [-0.3, -0.25) is 0 Å². The Balaban J connectivity index is 1.55. The van der Waals surface area contributed by atoms with Crippen LogP contribution in [-0.4, -0.2) is 11.8 Å². The number of hydrogen-bond acceptors (Lipinski definition) is 2. The van der Waals surface area contributed by atoms with Crippen LogP contribution in [0.2, 0.25) is 0 Å². The summed E-state index contributed by atoms with van der Waals surface area (Å²) in [4.78, 5) is 2.53. The standard InChI is InChI=1S/C52H47BN2/c1-36-26-30-44(31-27-36)51(45-32-28-37(2)29-33-45)54-55-52(46-24-16-9-17-25-46)48(42-20-12-7-13-21-42)47(41-18-10-6-11-19-41)50(43-22-14-8-15-23-43)53(55)49-39(4)34-38(3)35-40(49)5/h6-35,51,54H,1-5H3. The van der Waals surface area contributed by atoms with E-state index in [2.05, 4.69) is 227 Å². The summed E-state index contributed by atoms with van der Waals surface area (Å²) in [5.41, 5.74) is 23.8. The SMILES string of the molecule is Cc1ccc(C(NN2B(c3c(C)cc(C)cc3C)C(c3ccccc3)=C(c3ccccc3)C(c3ccccc3)=C2c2ccccc2)c2ccc(C)cc2)cc1. The van der Waals surface area contributed by atoms with E-state index >= 15 is 0 Å². The number of nitrogens with zero attached hydrogens (tertiary/aromatic N) is 1. The van der Waals surface area contributed by atoms with Gasteiger partial charge >= 0.3 is 6.85 Å². The van der Waals surface area contributed by atoms with Crippen LogP contribution in [0, 0.1) is 34.6 Å². The maximum atomic E-state index is 4.31. The number of rotatable bonds is 9. The molecule has 7 aromatic rings. The van der Waals surface area contributed by atoms with Crippen molar-refractivity contribution >= 4 is 34.6 Å². The average molecular weight is 711 g/mol. The van der Waals surface area contributed by atoms with Crippen LogP contribution in [0.25, 0.3) is 22.3 Å². The summed E-state index contributed by atoms with van der Waals surface area (Å²) in [6.45, 7) is 10.9. The molecule has 1 aliphatic rings. The smallest absolute Gasteiger partial charge is 0.339 e. The average Bonchev–Trinajstić information content (AvgIpc) is 3.21. The molecule has 0 aromatic heterocycles. The van der Waals surface area contributed by atoms with Gasteiger partial charge in [-0.25, -0.2) is 5.43 Å². The lowest BCUT2D eigenvalue weighted by atomic mass is 9.42. The predicted molar refractivity (Wildman–Crippen MR) is 235 cm³/mol. The highest BCUT2D eigenvalue weighted by Crippen LogP contribution is 2.49. The predicted octanol–water partition coefficient (Wildman–Crippen LogP) is 11.8. The van der Waals surface area contributed by atoms with E-state index < -0.39 is 0 Å². The van der Waals surface area contributed by atoms with E-state index in [0.717, 1.165) is 11.3 Å². The van der Waals surface area contributed by atoms with E-state index in [9.17, 15) is 0 Å². The van der Waals surface area contributed by atoms with Crippen LogP contribution >= 0.6 is 0 Å². The monoisotopic (exact) mass is 710 g/mol. The van der Waals surface area contributed by atoms with Crippen molar-refractivity contribution in [2.45, 2.75) is 40.7 Å². The van der Waals surface area contributed by atoms with Crippen molar-refractivity contribution in [3.05, 3.63) is 243 Å². The molecule has 0 atom stereocenters. The third-order valence-corrected chi connectivity index (χ3v) is 10.9. The van der Waals surface area contributed by atoms with Crippen LogP contribution in [0.3, 0.4) is 0 Å². The summed E-state index contributed by atoms with van der Waals surface area (Å²) in [5, 5.41) is 0. The summed E-state index contributed by atoms with van der Waals surface area (Å²) in [6, 6.07) is 66.6. The second kappa shape index (κ2) is 15.7. The van der Waals surface area contributed by atoms with Gasteiger partial charge in [0.15, 0.2) is 0 Å². The molecule has 0 saturated heterocycles. The molecule has 0 bridgehead atoms. The number of allylic oxidation sites excluding steroid dienone is 2. The van der Waals surface area contributed by atoms with E-state index in [1.165, 1.54) is 77.7 Å². The van der Waals surface area contributed by atoms with Gasteiger partial charge in [0.1, 0.15) is 0 Å². The molecule has 0 aliphatic carbocycles. The first-order valence-electron chi connectivity index (χ1n) is 19.3. The number of nitrogens with one attached hydrogen (secondary N) is 1. The number of benzene rings is 7. The molecule has 1 heterocycles. The molecule has 3 heteroatoms. The normalized spacial score (nSPS) is 13.2. The summed E-state index contributed by atoms with van der Waals surface area (Å²) in [5.74, 6) is 0. The van der Waals surface area contributed by atoms with Crippen LogP contribution in [0.15, 0.2) is 182 Å². The molecule has 0 amide bonds. The Kier molecular flexibility index (Phi) is 10.2. The lowest BCUT2D eigenvalue weighted by molar-refractivity contribution is 0.398. The minimum atomic E-state index is -0.209.